The first kappa shape index (κ1) is 22.3. The number of ether oxygens (including phenoxy) is 2. The number of nitrogens with one attached hydrogen (secondary N) is 1. The van der Waals surface area contributed by atoms with Crippen molar-refractivity contribution in [2.45, 2.75) is 11.8 Å². The quantitative estimate of drug-likeness (QED) is 0.571. The predicted octanol–water partition coefficient (Wildman–Crippen LogP) is 4.06. The number of hydrogen-bond donors (Lipinski definition) is 1. The largest absolute Gasteiger partial charge is 0.483 e. The first-order valence-electron chi connectivity index (χ1n) is 9.55. The van der Waals surface area contributed by atoms with Crippen molar-refractivity contribution in [3.63, 3.8) is 0 Å². The molecule has 1 N–H and O–H groups in total. The van der Waals surface area contributed by atoms with E-state index in [1.165, 1.54) is 26.2 Å². The molecule has 0 aliphatic rings. The van der Waals surface area contributed by atoms with Crippen molar-refractivity contribution < 1.29 is 22.7 Å². The van der Waals surface area contributed by atoms with Gasteiger partial charge in [0.05, 0.1) is 10.6 Å². The van der Waals surface area contributed by atoms with Crippen LogP contribution in [0, 0.1) is 6.92 Å². The van der Waals surface area contributed by atoms with Crippen LogP contribution in [-0.4, -0.2) is 39.3 Å². The highest BCUT2D eigenvalue weighted by molar-refractivity contribution is 7.89. The highest BCUT2D eigenvalue weighted by atomic mass is 32.2. The lowest BCUT2D eigenvalue weighted by atomic mass is 10.2. The summed E-state index contributed by atoms with van der Waals surface area (Å²) in [7, 11) is -0.592. The Morgan fingerprint density at radius 3 is 2.29 bits per heavy atom. The van der Waals surface area contributed by atoms with E-state index in [-0.39, 0.29) is 17.4 Å². The summed E-state index contributed by atoms with van der Waals surface area (Å²) in [6, 6.07) is 20.9. The predicted molar refractivity (Wildman–Crippen MR) is 119 cm³/mol. The third kappa shape index (κ3) is 5.62. The molecule has 31 heavy (non-hydrogen) atoms. The second-order valence-electron chi connectivity index (χ2n) is 6.96. The number of rotatable bonds is 8. The molecule has 7 nitrogen and oxygen atoms in total. The fourth-order valence-electron chi connectivity index (χ4n) is 2.76. The normalized spacial score (nSPS) is 11.2. The minimum Gasteiger partial charge on any atom is -0.483 e. The number of amides is 1. The van der Waals surface area contributed by atoms with Crippen molar-refractivity contribution >= 4 is 21.6 Å². The van der Waals surface area contributed by atoms with Crippen LogP contribution in [0.15, 0.2) is 77.7 Å². The molecule has 8 heteroatoms. The monoisotopic (exact) mass is 440 g/mol. The SMILES string of the molecule is Cc1cc(S(=O)(=O)N(C)C)ccc1OCC(=O)Nc1ccccc1Oc1ccccc1. The first-order valence-corrected chi connectivity index (χ1v) is 11.0. The van der Waals surface area contributed by atoms with Crippen LogP contribution in [0.4, 0.5) is 5.69 Å². The molecule has 0 saturated heterocycles. The summed E-state index contributed by atoms with van der Waals surface area (Å²) in [6.45, 7) is 1.49. The zero-order valence-corrected chi connectivity index (χ0v) is 18.3. The summed E-state index contributed by atoms with van der Waals surface area (Å²) in [5.41, 5.74) is 1.13. The van der Waals surface area contributed by atoms with Crippen molar-refractivity contribution in [2.24, 2.45) is 0 Å². The van der Waals surface area contributed by atoms with E-state index < -0.39 is 10.0 Å². The van der Waals surface area contributed by atoms with Crippen LogP contribution < -0.4 is 14.8 Å². The summed E-state index contributed by atoms with van der Waals surface area (Å²) >= 11 is 0. The van der Waals surface area contributed by atoms with Crippen molar-refractivity contribution in [1.29, 1.82) is 0 Å². The molecule has 3 rings (SSSR count). The number of benzene rings is 3. The zero-order valence-electron chi connectivity index (χ0n) is 17.5. The second kappa shape index (κ2) is 9.63. The smallest absolute Gasteiger partial charge is 0.262 e. The lowest BCUT2D eigenvalue weighted by Gasteiger charge is -2.15. The number of anilines is 1. The van der Waals surface area contributed by atoms with Gasteiger partial charge in [0.1, 0.15) is 11.5 Å². The Balaban J connectivity index is 1.65. The minimum absolute atomic E-state index is 0.166. The number of hydrogen-bond acceptors (Lipinski definition) is 5. The molecule has 0 atom stereocenters. The fraction of sp³-hybridized carbons (Fsp3) is 0.174. The third-order valence-electron chi connectivity index (χ3n) is 4.42. The molecule has 162 valence electrons. The minimum atomic E-state index is -3.53. The van der Waals surface area contributed by atoms with E-state index in [1.54, 1.807) is 31.2 Å². The van der Waals surface area contributed by atoms with Crippen molar-refractivity contribution in [2.75, 3.05) is 26.0 Å². The number of carbonyl (C=O) groups excluding carboxylic acids is 1. The van der Waals surface area contributed by atoms with Crippen LogP contribution in [0.25, 0.3) is 0 Å². The molecule has 0 aliphatic heterocycles. The molecule has 0 spiro atoms. The Hall–Kier alpha value is -3.36. The topological polar surface area (TPSA) is 84.9 Å². The maximum atomic E-state index is 12.4. The maximum Gasteiger partial charge on any atom is 0.262 e. The Morgan fingerprint density at radius 1 is 0.935 bits per heavy atom. The van der Waals surface area contributed by atoms with Crippen molar-refractivity contribution in [1.82, 2.24) is 4.31 Å². The number of aryl methyl sites for hydroxylation is 1. The molecule has 0 saturated carbocycles. The molecule has 3 aromatic rings. The van der Waals surface area contributed by atoms with Gasteiger partial charge in [0.25, 0.3) is 5.91 Å². The Bertz CT molecular complexity index is 1160. The average Bonchev–Trinajstić information content (AvgIpc) is 2.75. The maximum absolute atomic E-state index is 12.4. The molecule has 0 bridgehead atoms. The summed E-state index contributed by atoms with van der Waals surface area (Å²) in [6.07, 6.45) is 0. The van der Waals surface area contributed by atoms with E-state index in [4.69, 9.17) is 9.47 Å². The van der Waals surface area contributed by atoms with E-state index >= 15 is 0 Å². The number of carbonyl (C=O) groups is 1. The van der Waals surface area contributed by atoms with Gasteiger partial charge in [-0.2, -0.15) is 0 Å². The number of sulfonamides is 1. The number of nitrogens with zero attached hydrogens (tertiary/aromatic N) is 1. The molecule has 0 heterocycles. The van der Waals surface area contributed by atoms with Gasteiger partial charge in [0, 0.05) is 14.1 Å². The molecular weight excluding hydrogens is 416 g/mol. The van der Waals surface area contributed by atoms with E-state index in [0.717, 1.165) is 4.31 Å². The van der Waals surface area contributed by atoms with Gasteiger partial charge in [-0.25, -0.2) is 12.7 Å². The summed E-state index contributed by atoms with van der Waals surface area (Å²) in [5, 5.41) is 2.78. The van der Waals surface area contributed by atoms with Crippen LogP contribution in [0.5, 0.6) is 17.2 Å². The molecule has 0 aromatic heterocycles. The zero-order chi connectivity index (χ0) is 22.4. The van der Waals surface area contributed by atoms with Crippen LogP contribution in [0.3, 0.4) is 0 Å². The molecule has 0 fully saturated rings. The van der Waals surface area contributed by atoms with E-state index in [1.807, 2.05) is 36.4 Å². The number of para-hydroxylation sites is 3. The van der Waals surface area contributed by atoms with Crippen LogP contribution in [0.2, 0.25) is 0 Å². The summed E-state index contributed by atoms with van der Waals surface area (Å²) in [4.78, 5) is 12.6. The van der Waals surface area contributed by atoms with E-state index in [9.17, 15) is 13.2 Å². The van der Waals surface area contributed by atoms with Gasteiger partial charge >= 0.3 is 0 Å². The average molecular weight is 441 g/mol. The van der Waals surface area contributed by atoms with Crippen LogP contribution in [-0.2, 0) is 14.8 Å². The third-order valence-corrected chi connectivity index (χ3v) is 6.23. The van der Waals surface area contributed by atoms with Crippen molar-refractivity contribution in [3.8, 4) is 17.2 Å². The van der Waals surface area contributed by atoms with Gasteiger partial charge < -0.3 is 14.8 Å². The molecule has 1 amide bonds. The molecule has 3 aromatic carbocycles. The highest BCUT2D eigenvalue weighted by Gasteiger charge is 2.18. The van der Waals surface area contributed by atoms with Gasteiger partial charge in [-0.1, -0.05) is 30.3 Å². The molecule has 0 unspecified atom stereocenters. The van der Waals surface area contributed by atoms with E-state index in [2.05, 4.69) is 5.32 Å². The van der Waals surface area contributed by atoms with Gasteiger partial charge in [-0.3, -0.25) is 4.79 Å². The highest BCUT2D eigenvalue weighted by Crippen LogP contribution is 2.29. The van der Waals surface area contributed by atoms with Gasteiger partial charge in [-0.05, 0) is 55.0 Å². The molecular formula is C23H24N2O5S. The summed E-state index contributed by atoms with van der Waals surface area (Å²) in [5.74, 6) is 1.23. The summed E-state index contributed by atoms with van der Waals surface area (Å²) < 4.78 is 37.1. The lowest BCUT2D eigenvalue weighted by Crippen LogP contribution is -2.22. The Kier molecular flexibility index (Phi) is 6.94. The fourth-order valence-corrected chi connectivity index (χ4v) is 3.75. The molecule has 0 radical (unpaired) electrons. The lowest BCUT2D eigenvalue weighted by molar-refractivity contribution is -0.118. The Morgan fingerprint density at radius 2 is 1.61 bits per heavy atom. The van der Waals surface area contributed by atoms with Crippen LogP contribution >= 0.6 is 0 Å². The van der Waals surface area contributed by atoms with Gasteiger partial charge in [0.2, 0.25) is 10.0 Å². The van der Waals surface area contributed by atoms with Crippen LogP contribution in [0.1, 0.15) is 5.56 Å². The van der Waals surface area contributed by atoms with Crippen molar-refractivity contribution in [3.05, 3.63) is 78.4 Å². The van der Waals surface area contributed by atoms with Gasteiger partial charge in [-0.15, -0.1) is 0 Å². The standard InChI is InChI=1S/C23H24N2O5S/c1-17-15-19(31(27,28)25(2)3)13-14-21(17)29-16-23(26)24-20-11-7-8-12-22(20)30-18-9-5-4-6-10-18/h4-15H,16H2,1-3H3,(H,24,26). The van der Waals surface area contributed by atoms with Gasteiger partial charge in [0.15, 0.2) is 12.4 Å². The molecule has 0 aliphatic carbocycles. The Labute approximate surface area is 182 Å². The first-order chi connectivity index (χ1) is 14.8. The second-order valence-corrected chi connectivity index (χ2v) is 9.11. The van der Waals surface area contributed by atoms with E-state index in [0.29, 0.717) is 28.5 Å².